The number of hydrogen-bond acceptors (Lipinski definition) is 6. The van der Waals surface area contributed by atoms with Crippen LogP contribution in [-0.4, -0.2) is 31.5 Å². The van der Waals surface area contributed by atoms with Crippen LogP contribution in [-0.2, 0) is 11.2 Å². The molecule has 1 aromatic carbocycles. The van der Waals surface area contributed by atoms with Crippen molar-refractivity contribution >= 4 is 17.3 Å². The van der Waals surface area contributed by atoms with E-state index < -0.39 is 22.3 Å². The Morgan fingerprint density at radius 1 is 1.53 bits per heavy atom. The number of tetrazole rings is 1. The van der Waals surface area contributed by atoms with Gasteiger partial charge in [0.25, 0.3) is 0 Å². The number of rotatable bonds is 4. The Morgan fingerprint density at radius 3 is 2.89 bits per heavy atom. The van der Waals surface area contributed by atoms with Crippen molar-refractivity contribution in [3.63, 3.8) is 0 Å². The molecule has 19 heavy (non-hydrogen) atoms. The van der Waals surface area contributed by atoms with E-state index in [0.29, 0.717) is 0 Å². The van der Waals surface area contributed by atoms with Crippen molar-refractivity contribution in [2.75, 3.05) is 5.32 Å². The van der Waals surface area contributed by atoms with Gasteiger partial charge in [-0.05, 0) is 6.07 Å². The standard InChI is InChI=1S/C9H7FN6O3/c10-6-3-5(1-2-7(6)16(18)19)11-9(17)4-8-12-14-15-13-8/h1-3H,4H2,(H,11,17)(H,12,13,14,15). The first kappa shape index (κ1) is 12.5. The van der Waals surface area contributed by atoms with Crippen molar-refractivity contribution in [2.24, 2.45) is 0 Å². The van der Waals surface area contributed by atoms with Gasteiger partial charge in [0, 0.05) is 17.8 Å². The van der Waals surface area contributed by atoms with E-state index in [0.717, 1.165) is 12.1 Å². The van der Waals surface area contributed by atoms with E-state index in [4.69, 9.17) is 0 Å². The van der Waals surface area contributed by atoms with Gasteiger partial charge in [-0.15, -0.1) is 10.2 Å². The number of benzene rings is 1. The van der Waals surface area contributed by atoms with Crippen LogP contribution in [0.15, 0.2) is 18.2 Å². The molecular weight excluding hydrogens is 259 g/mol. The second-order valence-electron chi connectivity index (χ2n) is 3.48. The fraction of sp³-hybridized carbons (Fsp3) is 0.111. The van der Waals surface area contributed by atoms with E-state index in [1.807, 2.05) is 0 Å². The van der Waals surface area contributed by atoms with E-state index in [1.54, 1.807) is 0 Å². The highest BCUT2D eigenvalue weighted by atomic mass is 19.1. The summed E-state index contributed by atoms with van der Waals surface area (Å²) >= 11 is 0. The number of nitro benzene ring substituents is 1. The van der Waals surface area contributed by atoms with Gasteiger partial charge >= 0.3 is 5.69 Å². The number of carbonyl (C=O) groups excluding carboxylic acids is 1. The van der Waals surface area contributed by atoms with Crippen molar-refractivity contribution in [1.82, 2.24) is 20.6 Å². The molecule has 9 nitrogen and oxygen atoms in total. The number of halogens is 1. The van der Waals surface area contributed by atoms with Gasteiger partial charge < -0.3 is 5.32 Å². The van der Waals surface area contributed by atoms with Crippen LogP contribution in [0.5, 0.6) is 0 Å². The van der Waals surface area contributed by atoms with E-state index in [9.17, 15) is 19.3 Å². The number of hydrogen-bond donors (Lipinski definition) is 2. The van der Waals surface area contributed by atoms with Crippen molar-refractivity contribution in [1.29, 1.82) is 0 Å². The van der Waals surface area contributed by atoms with Crippen molar-refractivity contribution in [2.45, 2.75) is 6.42 Å². The predicted octanol–water partition coefficient (Wildman–Crippen LogP) is 0.428. The maximum atomic E-state index is 13.3. The molecule has 0 atom stereocenters. The lowest BCUT2D eigenvalue weighted by Gasteiger charge is -2.03. The molecule has 0 aliphatic carbocycles. The highest BCUT2D eigenvalue weighted by Crippen LogP contribution is 2.20. The number of amides is 1. The quantitative estimate of drug-likeness (QED) is 0.610. The zero-order valence-corrected chi connectivity index (χ0v) is 9.33. The topological polar surface area (TPSA) is 127 Å². The SMILES string of the molecule is O=C(Cc1nn[nH]n1)Nc1ccc([N+](=O)[O-])c(F)c1. The van der Waals surface area contributed by atoms with Crippen molar-refractivity contribution < 1.29 is 14.1 Å². The fourth-order valence-electron chi connectivity index (χ4n) is 1.34. The Hall–Kier alpha value is -2.91. The maximum absolute atomic E-state index is 13.3. The van der Waals surface area contributed by atoms with Gasteiger partial charge in [0.05, 0.1) is 11.3 Å². The maximum Gasteiger partial charge on any atom is 0.304 e. The van der Waals surface area contributed by atoms with Crippen LogP contribution < -0.4 is 5.32 Å². The molecule has 1 amide bonds. The van der Waals surface area contributed by atoms with E-state index in [2.05, 4.69) is 25.9 Å². The van der Waals surface area contributed by atoms with E-state index >= 15 is 0 Å². The molecule has 0 radical (unpaired) electrons. The van der Waals surface area contributed by atoms with E-state index in [-0.39, 0.29) is 17.9 Å². The van der Waals surface area contributed by atoms with E-state index in [1.165, 1.54) is 6.07 Å². The van der Waals surface area contributed by atoms with Crippen LogP contribution >= 0.6 is 0 Å². The molecule has 98 valence electrons. The van der Waals surface area contributed by atoms with Crippen LogP contribution in [0.3, 0.4) is 0 Å². The zero-order chi connectivity index (χ0) is 13.8. The third kappa shape index (κ3) is 3.06. The van der Waals surface area contributed by atoms with Gasteiger partial charge in [-0.3, -0.25) is 14.9 Å². The smallest absolute Gasteiger partial charge is 0.304 e. The molecule has 0 fully saturated rings. The second-order valence-corrected chi connectivity index (χ2v) is 3.48. The summed E-state index contributed by atoms with van der Waals surface area (Å²) in [6, 6.07) is 3.07. The minimum Gasteiger partial charge on any atom is -0.326 e. The van der Waals surface area contributed by atoms with Gasteiger partial charge in [-0.2, -0.15) is 9.60 Å². The van der Waals surface area contributed by atoms with Gasteiger partial charge in [0.1, 0.15) is 0 Å². The Kier molecular flexibility index (Phi) is 3.41. The van der Waals surface area contributed by atoms with Crippen molar-refractivity contribution in [3.05, 3.63) is 40.0 Å². The summed E-state index contributed by atoms with van der Waals surface area (Å²) in [5.74, 6) is -1.34. The molecule has 0 bridgehead atoms. The molecule has 2 aromatic rings. The summed E-state index contributed by atoms with van der Waals surface area (Å²) in [6.45, 7) is 0. The highest BCUT2D eigenvalue weighted by molar-refractivity contribution is 5.91. The average Bonchev–Trinajstić information content (AvgIpc) is 2.81. The molecule has 2 rings (SSSR count). The summed E-state index contributed by atoms with van der Waals surface area (Å²) in [4.78, 5) is 21.1. The number of nitrogens with one attached hydrogen (secondary N) is 2. The summed E-state index contributed by atoms with van der Waals surface area (Å²) in [6.07, 6.45) is -0.144. The van der Waals surface area contributed by atoms with Crippen LogP contribution in [0, 0.1) is 15.9 Å². The second kappa shape index (κ2) is 5.16. The van der Waals surface area contributed by atoms with Gasteiger partial charge in [-0.1, -0.05) is 5.21 Å². The summed E-state index contributed by atoms with van der Waals surface area (Å²) in [5, 5.41) is 25.4. The molecule has 2 N–H and O–H groups in total. The fourth-order valence-corrected chi connectivity index (χ4v) is 1.34. The van der Waals surface area contributed by atoms with Crippen LogP contribution in [0.4, 0.5) is 15.8 Å². The Morgan fingerprint density at radius 2 is 2.32 bits per heavy atom. The average molecular weight is 266 g/mol. The lowest BCUT2D eigenvalue weighted by molar-refractivity contribution is -0.387. The summed E-state index contributed by atoms with van der Waals surface area (Å²) < 4.78 is 13.3. The number of aromatic amines is 1. The number of H-pyrrole nitrogens is 1. The lowest BCUT2D eigenvalue weighted by atomic mass is 10.2. The normalized spacial score (nSPS) is 10.2. The molecule has 10 heteroatoms. The lowest BCUT2D eigenvalue weighted by Crippen LogP contribution is -2.15. The van der Waals surface area contributed by atoms with Gasteiger partial charge in [-0.25, -0.2) is 0 Å². The summed E-state index contributed by atoms with van der Waals surface area (Å²) in [7, 11) is 0. The van der Waals surface area contributed by atoms with Gasteiger partial charge in [0.15, 0.2) is 5.82 Å². The molecule has 1 aromatic heterocycles. The predicted molar refractivity (Wildman–Crippen MR) is 59.6 cm³/mol. The Balaban J connectivity index is 2.05. The molecule has 0 spiro atoms. The summed E-state index contributed by atoms with van der Waals surface area (Å²) in [5.41, 5.74) is -0.548. The largest absolute Gasteiger partial charge is 0.326 e. The monoisotopic (exact) mass is 266 g/mol. The Bertz CT molecular complexity index is 614. The van der Waals surface area contributed by atoms with Crippen LogP contribution in [0.25, 0.3) is 0 Å². The minimum atomic E-state index is -1.03. The Labute approximate surface area is 105 Å². The number of aromatic nitrogens is 4. The van der Waals surface area contributed by atoms with Crippen LogP contribution in [0.1, 0.15) is 5.82 Å². The number of carbonyl (C=O) groups is 1. The molecule has 0 saturated carbocycles. The molecular formula is C9H7FN6O3. The first-order valence-electron chi connectivity index (χ1n) is 5.02. The number of anilines is 1. The first-order chi connectivity index (χ1) is 9.06. The number of nitro groups is 1. The molecule has 0 aliphatic rings. The van der Waals surface area contributed by atoms with Gasteiger partial charge in [0.2, 0.25) is 11.7 Å². The zero-order valence-electron chi connectivity index (χ0n) is 9.33. The molecule has 0 unspecified atom stereocenters. The first-order valence-corrected chi connectivity index (χ1v) is 5.02. The third-order valence-corrected chi connectivity index (χ3v) is 2.14. The van der Waals surface area contributed by atoms with Crippen molar-refractivity contribution in [3.8, 4) is 0 Å². The highest BCUT2D eigenvalue weighted by Gasteiger charge is 2.15. The number of nitrogens with zero attached hydrogens (tertiary/aromatic N) is 4. The minimum absolute atomic E-state index is 0.108. The molecule has 0 saturated heterocycles. The molecule has 1 heterocycles. The molecule has 0 aliphatic heterocycles. The third-order valence-electron chi connectivity index (χ3n) is 2.14. The van der Waals surface area contributed by atoms with Crippen LogP contribution in [0.2, 0.25) is 0 Å².